The van der Waals surface area contributed by atoms with Crippen molar-refractivity contribution in [1.29, 1.82) is 0 Å². The summed E-state index contributed by atoms with van der Waals surface area (Å²) < 4.78 is 1.95. The number of aryl methyl sites for hydroxylation is 2. The Morgan fingerprint density at radius 1 is 1.22 bits per heavy atom. The van der Waals surface area contributed by atoms with E-state index in [1.807, 2.05) is 29.8 Å². The van der Waals surface area contributed by atoms with Crippen LogP contribution >= 0.6 is 0 Å². The van der Waals surface area contributed by atoms with E-state index in [0.717, 1.165) is 40.6 Å². The van der Waals surface area contributed by atoms with Crippen LogP contribution in [0.2, 0.25) is 0 Å². The molecule has 0 amide bonds. The van der Waals surface area contributed by atoms with E-state index in [2.05, 4.69) is 36.2 Å². The van der Waals surface area contributed by atoms with Gasteiger partial charge in [0.1, 0.15) is 16.9 Å². The molecule has 0 saturated carbocycles. The number of hydrogen-bond donors (Lipinski definition) is 1. The van der Waals surface area contributed by atoms with Gasteiger partial charge in [-0.1, -0.05) is 19.9 Å². The van der Waals surface area contributed by atoms with Crippen LogP contribution in [0.25, 0.3) is 11.0 Å². The summed E-state index contributed by atoms with van der Waals surface area (Å²) in [5.74, 6) is 1.92. The van der Waals surface area contributed by atoms with E-state index in [4.69, 9.17) is 9.97 Å². The number of fused-ring (bicyclic) bond motifs is 1. The van der Waals surface area contributed by atoms with E-state index in [1.165, 1.54) is 0 Å². The van der Waals surface area contributed by atoms with Crippen LogP contribution in [0.15, 0.2) is 24.4 Å². The molecule has 0 spiro atoms. The lowest BCUT2D eigenvalue weighted by atomic mass is 10.2. The van der Waals surface area contributed by atoms with E-state index < -0.39 is 0 Å². The van der Waals surface area contributed by atoms with Crippen molar-refractivity contribution in [2.45, 2.75) is 46.7 Å². The fourth-order valence-electron chi connectivity index (χ4n) is 2.53. The van der Waals surface area contributed by atoms with Crippen molar-refractivity contribution in [3.05, 3.63) is 41.6 Å². The van der Waals surface area contributed by atoms with Crippen molar-refractivity contribution in [1.82, 2.24) is 24.7 Å². The molecule has 1 N–H and O–H groups in total. The van der Waals surface area contributed by atoms with Crippen molar-refractivity contribution in [3.63, 3.8) is 0 Å². The lowest BCUT2D eigenvalue weighted by Gasteiger charge is -2.11. The van der Waals surface area contributed by atoms with E-state index in [9.17, 15) is 0 Å². The Bertz CT molecular complexity index is 807. The van der Waals surface area contributed by atoms with Gasteiger partial charge in [0.25, 0.3) is 0 Å². The molecule has 0 unspecified atom stereocenters. The second-order valence-electron chi connectivity index (χ2n) is 5.86. The highest BCUT2D eigenvalue weighted by Crippen LogP contribution is 2.25. The molecule has 6 nitrogen and oxygen atoms in total. The Morgan fingerprint density at radius 2 is 2.04 bits per heavy atom. The molecule has 0 aliphatic heterocycles. The molecule has 0 aliphatic carbocycles. The normalized spacial score (nSPS) is 11.3. The maximum Gasteiger partial charge on any atom is 0.156 e. The van der Waals surface area contributed by atoms with Gasteiger partial charge in [-0.3, -0.25) is 9.67 Å². The highest BCUT2D eigenvalue weighted by atomic mass is 15.3. The number of aromatic nitrogens is 5. The number of nitrogens with one attached hydrogen (secondary N) is 1. The van der Waals surface area contributed by atoms with Gasteiger partial charge in [-0.2, -0.15) is 5.10 Å². The Labute approximate surface area is 136 Å². The number of anilines is 1. The van der Waals surface area contributed by atoms with Crippen LogP contribution in [0.5, 0.6) is 0 Å². The van der Waals surface area contributed by atoms with Crippen LogP contribution in [0.1, 0.15) is 43.9 Å². The van der Waals surface area contributed by atoms with Crippen molar-refractivity contribution in [2.24, 2.45) is 0 Å². The third-order valence-corrected chi connectivity index (χ3v) is 3.75. The molecule has 23 heavy (non-hydrogen) atoms. The molecule has 0 radical (unpaired) electrons. The summed E-state index contributed by atoms with van der Waals surface area (Å²) in [6.07, 6.45) is 1.80. The molecule has 0 saturated heterocycles. The largest absolute Gasteiger partial charge is 0.363 e. The molecule has 3 rings (SSSR count). The van der Waals surface area contributed by atoms with Gasteiger partial charge >= 0.3 is 0 Å². The van der Waals surface area contributed by atoms with E-state index in [-0.39, 0.29) is 5.92 Å². The molecular weight excluding hydrogens is 288 g/mol. The van der Waals surface area contributed by atoms with Gasteiger partial charge in [-0.25, -0.2) is 9.97 Å². The second kappa shape index (κ2) is 6.32. The fraction of sp³-hybridized carbons (Fsp3) is 0.412. The minimum atomic E-state index is 0.263. The topological polar surface area (TPSA) is 68.5 Å². The van der Waals surface area contributed by atoms with Crippen molar-refractivity contribution < 1.29 is 0 Å². The Kier molecular flexibility index (Phi) is 4.23. The van der Waals surface area contributed by atoms with Crippen LogP contribution in [0, 0.1) is 6.92 Å². The molecule has 0 atom stereocenters. The van der Waals surface area contributed by atoms with Gasteiger partial charge < -0.3 is 5.32 Å². The first kappa shape index (κ1) is 15.4. The molecule has 0 bridgehead atoms. The predicted molar refractivity (Wildman–Crippen MR) is 91.4 cm³/mol. The maximum atomic E-state index is 4.73. The van der Waals surface area contributed by atoms with Crippen LogP contribution < -0.4 is 5.32 Å². The van der Waals surface area contributed by atoms with Gasteiger partial charge in [0, 0.05) is 18.7 Å². The van der Waals surface area contributed by atoms with E-state index in [0.29, 0.717) is 6.54 Å². The van der Waals surface area contributed by atoms with Gasteiger partial charge in [0.15, 0.2) is 5.82 Å². The molecule has 3 heterocycles. The molecular formula is C17H22N6. The third-order valence-electron chi connectivity index (χ3n) is 3.75. The summed E-state index contributed by atoms with van der Waals surface area (Å²) in [6, 6.07) is 5.90. The van der Waals surface area contributed by atoms with Gasteiger partial charge in [0.05, 0.1) is 17.9 Å². The first-order valence-electron chi connectivity index (χ1n) is 7.99. The summed E-state index contributed by atoms with van der Waals surface area (Å²) in [4.78, 5) is 13.8. The molecule has 0 fully saturated rings. The van der Waals surface area contributed by atoms with Crippen molar-refractivity contribution in [3.8, 4) is 0 Å². The molecule has 120 valence electrons. The van der Waals surface area contributed by atoms with Crippen LogP contribution in [0.4, 0.5) is 5.82 Å². The zero-order valence-electron chi connectivity index (χ0n) is 14.0. The Balaban J connectivity index is 2.05. The standard InChI is InChI=1S/C17H22N6/c1-5-23-15-14(12(4)22-23)20-16(11(2)3)21-17(15)19-10-13-8-6-7-9-18-13/h6-9,11H,5,10H2,1-4H3,(H,19,20,21). The smallest absolute Gasteiger partial charge is 0.156 e. The number of nitrogens with zero attached hydrogens (tertiary/aromatic N) is 5. The van der Waals surface area contributed by atoms with Crippen LogP contribution in [-0.2, 0) is 13.1 Å². The Hall–Kier alpha value is -2.50. The summed E-state index contributed by atoms with van der Waals surface area (Å²) >= 11 is 0. The van der Waals surface area contributed by atoms with Gasteiger partial charge in [-0.05, 0) is 26.0 Å². The SMILES string of the molecule is CCn1nc(C)c2nc(C(C)C)nc(NCc3ccccn3)c21. The minimum Gasteiger partial charge on any atom is -0.363 e. The second-order valence-corrected chi connectivity index (χ2v) is 5.86. The molecule has 0 aliphatic rings. The summed E-state index contributed by atoms with van der Waals surface area (Å²) in [5.41, 5.74) is 3.80. The molecule has 6 heteroatoms. The monoisotopic (exact) mass is 310 g/mol. The first-order chi connectivity index (χ1) is 11.1. The highest BCUT2D eigenvalue weighted by Gasteiger charge is 2.17. The number of hydrogen-bond acceptors (Lipinski definition) is 5. The average Bonchev–Trinajstić information content (AvgIpc) is 2.90. The van der Waals surface area contributed by atoms with Crippen LogP contribution in [-0.4, -0.2) is 24.7 Å². The third kappa shape index (κ3) is 3.02. The summed E-state index contributed by atoms with van der Waals surface area (Å²) in [7, 11) is 0. The minimum absolute atomic E-state index is 0.263. The number of rotatable bonds is 5. The fourth-order valence-corrected chi connectivity index (χ4v) is 2.53. The molecule has 3 aromatic rings. The average molecular weight is 310 g/mol. The van der Waals surface area contributed by atoms with Crippen molar-refractivity contribution >= 4 is 16.9 Å². The Morgan fingerprint density at radius 3 is 2.70 bits per heavy atom. The van der Waals surface area contributed by atoms with Crippen LogP contribution in [0.3, 0.4) is 0 Å². The maximum absolute atomic E-state index is 4.73. The summed E-state index contributed by atoms with van der Waals surface area (Å²) in [6.45, 7) is 9.68. The first-order valence-corrected chi connectivity index (χ1v) is 7.99. The molecule has 0 aromatic carbocycles. The zero-order chi connectivity index (χ0) is 16.4. The number of pyridine rings is 1. The highest BCUT2D eigenvalue weighted by molar-refractivity contribution is 5.87. The lowest BCUT2D eigenvalue weighted by molar-refractivity contribution is 0.675. The van der Waals surface area contributed by atoms with E-state index >= 15 is 0 Å². The lowest BCUT2D eigenvalue weighted by Crippen LogP contribution is -2.09. The van der Waals surface area contributed by atoms with Gasteiger partial charge in [-0.15, -0.1) is 0 Å². The van der Waals surface area contributed by atoms with E-state index in [1.54, 1.807) is 6.20 Å². The predicted octanol–water partition coefficient (Wildman–Crippen LogP) is 3.29. The van der Waals surface area contributed by atoms with Gasteiger partial charge in [0.2, 0.25) is 0 Å². The zero-order valence-corrected chi connectivity index (χ0v) is 14.0. The van der Waals surface area contributed by atoms with Crippen molar-refractivity contribution in [2.75, 3.05) is 5.32 Å². The summed E-state index contributed by atoms with van der Waals surface area (Å²) in [5, 5.41) is 8.00. The molecule has 3 aromatic heterocycles. The quantitative estimate of drug-likeness (QED) is 0.783.